The summed E-state index contributed by atoms with van der Waals surface area (Å²) in [5, 5.41) is 98.3. The normalized spacial score (nSPS) is 54.2. The molecule has 26 atom stereocenters. The van der Waals surface area contributed by atoms with Gasteiger partial charge in [-0.2, -0.15) is 0 Å². The highest BCUT2D eigenvalue weighted by atomic mass is 16.8. The van der Waals surface area contributed by atoms with E-state index in [1.165, 1.54) is 13.8 Å². The predicted octanol–water partition coefficient (Wildman–Crippen LogP) is 0.227. The Balaban J connectivity index is 0.973. The molecular weight excluding hydrogens is 868 g/mol. The Hall–Kier alpha value is -1.21. The summed E-state index contributed by atoms with van der Waals surface area (Å²) in [6.45, 7) is 10.9. The molecule has 66 heavy (non-hydrogen) atoms. The number of hydrogen-bond donors (Lipinski definition) is 9. The summed E-state index contributed by atoms with van der Waals surface area (Å²) >= 11 is 0. The molecule has 4 saturated carbocycles. The van der Waals surface area contributed by atoms with Crippen LogP contribution in [-0.4, -0.2) is 188 Å². The molecule has 8 aliphatic rings. The quantitative estimate of drug-likeness (QED) is 0.0883. The monoisotopic (exact) mass is 947 g/mol. The molecule has 0 radical (unpaired) electrons. The van der Waals surface area contributed by atoms with E-state index in [-0.39, 0.29) is 52.7 Å². The lowest BCUT2D eigenvalue weighted by atomic mass is 9.44. The molecule has 4 aliphatic heterocycles. The van der Waals surface area contributed by atoms with E-state index in [0.29, 0.717) is 44.1 Å². The fraction of sp³-hybridized carbons (Fsp3) is 0.979. The number of methoxy groups -OCH3 is 1. The van der Waals surface area contributed by atoms with Crippen molar-refractivity contribution in [2.45, 2.75) is 215 Å². The fourth-order valence-electron chi connectivity index (χ4n) is 14.3. The second-order valence-electron chi connectivity index (χ2n) is 21.8. The molecule has 0 aromatic heterocycles. The molecule has 4 saturated heterocycles. The Morgan fingerprint density at radius 2 is 1.50 bits per heavy atom. The average molecular weight is 947 g/mol. The fourth-order valence-corrected chi connectivity index (χ4v) is 14.3. The molecule has 0 aromatic rings. The first-order valence-electron chi connectivity index (χ1n) is 24.5. The topological polar surface area (TPSA) is 282 Å². The Bertz CT molecular complexity index is 1680. The standard InChI is InChI=1S/C47H78O19/c1-21(19-59-24(4)49)10-15-46(58-7)23(3)47(57)32(66-46)17-29-27-9-8-25-16-26(11-13-44(25,5)28(27)12-14-45(29,47)6)62-43-40(65-42-38(56)36(54)33(51)22(2)61-42)39(35(53)31(18-48)63-43)64-41-37(55)34(52)30(50)20-60-41/h21-23,25-43,48,50-57H,8-20H2,1-7H3/t21-,22+,23-,25+,26+,27-,28-,29+,30+,31+,32+,33+,34-,35+,36-,37+,38+,39-,40+,41-,42-,43+,44+,45+,46-,47-/m1/s1. The van der Waals surface area contributed by atoms with Crippen LogP contribution in [-0.2, 0) is 47.4 Å². The van der Waals surface area contributed by atoms with Crippen molar-refractivity contribution in [1.82, 2.24) is 0 Å². The number of hydrogen-bond acceptors (Lipinski definition) is 19. The zero-order chi connectivity index (χ0) is 47.8. The highest BCUT2D eigenvalue weighted by Crippen LogP contribution is 2.72. The Morgan fingerprint density at radius 3 is 2.20 bits per heavy atom. The maximum Gasteiger partial charge on any atom is 0.302 e. The van der Waals surface area contributed by atoms with Crippen molar-refractivity contribution in [3.05, 3.63) is 0 Å². The van der Waals surface area contributed by atoms with Crippen molar-refractivity contribution < 1.29 is 93.4 Å². The van der Waals surface area contributed by atoms with E-state index in [0.717, 1.165) is 38.5 Å². The largest absolute Gasteiger partial charge is 0.466 e. The van der Waals surface area contributed by atoms with E-state index in [1.54, 1.807) is 7.11 Å². The SMILES string of the molecule is CO[C@]1(CC[C@@H](C)COC(C)=O)O[C@H]2C[C@H]3[C@@H]4CC[C@H]5C[C@@H](O[C@H]6O[C@@H](CO)[C@H](O)[C@@H](O[C@H]7OC[C@H](O)[C@@H](O)[C@@H]7O)[C@@H]6O[C@H]6O[C@@H](C)[C@H](O)[C@@H](O)[C@@H]6O)CC[C@]5(C)[C@@H]4CC[C@]3(C)[C@@]2(O)[C@@H]1C. The van der Waals surface area contributed by atoms with Crippen LogP contribution in [0.1, 0.15) is 106 Å². The van der Waals surface area contributed by atoms with Gasteiger partial charge in [0.05, 0.1) is 38.1 Å². The number of carbonyl (C=O) groups is 1. The molecule has 4 aliphatic carbocycles. The number of aliphatic hydroxyl groups excluding tert-OH is 8. The van der Waals surface area contributed by atoms with Crippen molar-refractivity contribution in [3.63, 3.8) is 0 Å². The summed E-state index contributed by atoms with van der Waals surface area (Å²) < 4.78 is 55.0. The van der Waals surface area contributed by atoms with Crippen LogP contribution < -0.4 is 0 Å². The van der Waals surface area contributed by atoms with Crippen LogP contribution >= 0.6 is 0 Å². The number of ether oxygens (including phenoxy) is 9. The number of carbonyl (C=O) groups excluding carboxylic acids is 1. The van der Waals surface area contributed by atoms with Crippen LogP contribution in [0.4, 0.5) is 0 Å². The lowest BCUT2D eigenvalue weighted by Gasteiger charge is -2.62. The molecule has 0 spiro atoms. The molecule has 9 N–H and O–H groups in total. The lowest BCUT2D eigenvalue weighted by molar-refractivity contribution is -0.391. The third kappa shape index (κ3) is 8.62. The highest BCUT2D eigenvalue weighted by molar-refractivity contribution is 5.65. The molecule has 0 unspecified atom stereocenters. The number of fused-ring (bicyclic) bond motifs is 7. The van der Waals surface area contributed by atoms with Crippen LogP contribution in [0.5, 0.6) is 0 Å². The molecule has 0 bridgehead atoms. The summed E-state index contributed by atoms with van der Waals surface area (Å²) in [6.07, 6.45) is -13.7. The van der Waals surface area contributed by atoms with Gasteiger partial charge < -0.3 is 88.6 Å². The summed E-state index contributed by atoms with van der Waals surface area (Å²) in [5.74, 6) is -0.138. The molecule has 19 nitrogen and oxygen atoms in total. The summed E-state index contributed by atoms with van der Waals surface area (Å²) in [5.41, 5.74) is -1.50. The van der Waals surface area contributed by atoms with Crippen molar-refractivity contribution in [1.29, 1.82) is 0 Å². The smallest absolute Gasteiger partial charge is 0.302 e. The number of aliphatic hydroxyl groups is 9. The van der Waals surface area contributed by atoms with Crippen LogP contribution in [0, 0.1) is 46.3 Å². The van der Waals surface area contributed by atoms with E-state index in [2.05, 4.69) is 20.8 Å². The maximum absolute atomic E-state index is 13.0. The number of esters is 1. The van der Waals surface area contributed by atoms with Gasteiger partial charge in [-0.25, -0.2) is 0 Å². The molecule has 19 heteroatoms. The average Bonchev–Trinajstić information content (AvgIpc) is 3.65. The van der Waals surface area contributed by atoms with Gasteiger partial charge in [0.1, 0.15) is 66.6 Å². The van der Waals surface area contributed by atoms with Gasteiger partial charge in [0.25, 0.3) is 0 Å². The summed E-state index contributed by atoms with van der Waals surface area (Å²) in [7, 11) is 1.66. The van der Waals surface area contributed by atoms with E-state index in [9.17, 15) is 50.8 Å². The van der Waals surface area contributed by atoms with Gasteiger partial charge in [-0.05, 0) is 99.7 Å². The van der Waals surface area contributed by atoms with Crippen molar-refractivity contribution >= 4 is 5.97 Å². The van der Waals surface area contributed by atoms with E-state index in [1.807, 2.05) is 6.92 Å². The van der Waals surface area contributed by atoms with Gasteiger partial charge >= 0.3 is 5.97 Å². The van der Waals surface area contributed by atoms with Crippen LogP contribution in [0.3, 0.4) is 0 Å². The molecule has 4 heterocycles. The van der Waals surface area contributed by atoms with Gasteiger partial charge in [0.15, 0.2) is 24.7 Å². The first kappa shape index (κ1) is 51.2. The van der Waals surface area contributed by atoms with Gasteiger partial charge in [-0.1, -0.05) is 27.7 Å². The highest BCUT2D eigenvalue weighted by Gasteiger charge is 2.76. The van der Waals surface area contributed by atoms with E-state index < -0.39 is 111 Å². The summed E-state index contributed by atoms with van der Waals surface area (Å²) in [6, 6.07) is 0. The zero-order valence-corrected chi connectivity index (χ0v) is 39.5. The predicted molar refractivity (Wildman–Crippen MR) is 227 cm³/mol. The molecule has 380 valence electrons. The lowest BCUT2D eigenvalue weighted by Crippen LogP contribution is -2.66. The zero-order valence-electron chi connectivity index (χ0n) is 39.5. The van der Waals surface area contributed by atoms with E-state index in [4.69, 9.17) is 42.6 Å². The van der Waals surface area contributed by atoms with Crippen molar-refractivity contribution in [2.24, 2.45) is 46.3 Å². The third-order valence-electron chi connectivity index (χ3n) is 18.4. The van der Waals surface area contributed by atoms with Gasteiger partial charge in [-0.15, -0.1) is 0 Å². The molecule has 8 fully saturated rings. The van der Waals surface area contributed by atoms with Crippen molar-refractivity contribution in [2.75, 3.05) is 26.9 Å². The minimum Gasteiger partial charge on any atom is -0.466 e. The first-order valence-corrected chi connectivity index (χ1v) is 24.5. The molecular formula is C47H78O19. The van der Waals surface area contributed by atoms with Crippen LogP contribution in [0.25, 0.3) is 0 Å². The summed E-state index contributed by atoms with van der Waals surface area (Å²) in [4.78, 5) is 11.4. The number of rotatable bonds is 13. The second kappa shape index (κ2) is 19.4. The third-order valence-corrected chi connectivity index (χ3v) is 18.4. The Labute approximate surface area is 387 Å². The van der Waals surface area contributed by atoms with Crippen LogP contribution in [0.15, 0.2) is 0 Å². The molecule has 8 rings (SSSR count). The maximum atomic E-state index is 13.0. The van der Waals surface area contributed by atoms with E-state index >= 15 is 0 Å². The van der Waals surface area contributed by atoms with Gasteiger partial charge in [0, 0.05) is 31.8 Å². The first-order chi connectivity index (χ1) is 31.1. The molecule has 0 amide bonds. The minimum absolute atomic E-state index is 0.0307. The Kier molecular flexibility index (Phi) is 15.1. The minimum atomic E-state index is -1.74. The van der Waals surface area contributed by atoms with Crippen molar-refractivity contribution in [3.8, 4) is 0 Å². The van der Waals surface area contributed by atoms with Crippen LogP contribution in [0.2, 0.25) is 0 Å². The second-order valence-corrected chi connectivity index (χ2v) is 21.8. The van der Waals surface area contributed by atoms with Gasteiger partial charge in [0.2, 0.25) is 0 Å². The van der Waals surface area contributed by atoms with Gasteiger partial charge in [-0.3, -0.25) is 4.79 Å². The Morgan fingerprint density at radius 1 is 0.788 bits per heavy atom. The molecule has 0 aromatic carbocycles.